The van der Waals surface area contributed by atoms with Gasteiger partial charge in [0, 0.05) is 6.04 Å². The van der Waals surface area contributed by atoms with Gasteiger partial charge in [0.1, 0.15) is 0 Å². The molecule has 0 saturated heterocycles. The van der Waals surface area contributed by atoms with Gasteiger partial charge in [0.05, 0.1) is 12.6 Å². The molecule has 0 fully saturated rings. The molecule has 0 aromatic heterocycles. The number of aliphatic hydroxyl groups excluding tert-OH is 1. The summed E-state index contributed by atoms with van der Waals surface area (Å²) in [5.41, 5.74) is 0.726. The van der Waals surface area contributed by atoms with Crippen molar-refractivity contribution in [2.24, 2.45) is 0 Å². The van der Waals surface area contributed by atoms with Gasteiger partial charge < -0.3 is 5.11 Å². The van der Waals surface area contributed by atoms with Crippen LogP contribution in [0.3, 0.4) is 0 Å². The van der Waals surface area contributed by atoms with Crippen LogP contribution in [0.25, 0.3) is 0 Å². The van der Waals surface area contributed by atoms with Crippen LogP contribution < -0.4 is 9.44 Å². The lowest BCUT2D eigenvalue weighted by atomic mass is 10.1. The molecule has 17 heavy (non-hydrogen) atoms. The molecule has 1 rings (SSSR count). The summed E-state index contributed by atoms with van der Waals surface area (Å²) in [6.45, 7) is 3.18. The number of hydrogen-bond acceptors (Lipinski definition) is 3. The molecular weight excluding hydrogens is 240 g/mol. The Morgan fingerprint density at radius 3 is 2.24 bits per heavy atom. The molecule has 0 saturated carbocycles. The Morgan fingerprint density at radius 2 is 1.76 bits per heavy atom. The van der Waals surface area contributed by atoms with E-state index >= 15 is 0 Å². The Labute approximate surface area is 102 Å². The molecule has 1 atom stereocenters. The third kappa shape index (κ3) is 4.82. The van der Waals surface area contributed by atoms with E-state index in [2.05, 4.69) is 9.44 Å². The maximum atomic E-state index is 11.7. The molecule has 0 aliphatic rings. The monoisotopic (exact) mass is 258 g/mol. The second kappa shape index (κ2) is 6.11. The maximum absolute atomic E-state index is 11.7. The summed E-state index contributed by atoms with van der Waals surface area (Å²) in [5.74, 6) is 0. The third-order valence-corrected chi connectivity index (χ3v) is 3.45. The van der Waals surface area contributed by atoms with Gasteiger partial charge in [0.25, 0.3) is 10.2 Å². The van der Waals surface area contributed by atoms with Crippen LogP contribution in [-0.4, -0.2) is 26.2 Å². The van der Waals surface area contributed by atoms with Crippen molar-refractivity contribution in [3.8, 4) is 0 Å². The Kier molecular flexibility index (Phi) is 5.07. The minimum absolute atomic E-state index is 0.192. The van der Waals surface area contributed by atoms with E-state index in [-0.39, 0.29) is 12.6 Å². The van der Waals surface area contributed by atoms with E-state index in [9.17, 15) is 13.5 Å². The Bertz CT molecular complexity index is 431. The highest BCUT2D eigenvalue weighted by Crippen LogP contribution is 2.12. The van der Waals surface area contributed by atoms with Crippen LogP contribution in [0.5, 0.6) is 0 Å². The van der Waals surface area contributed by atoms with Crippen LogP contribution >= 0.6 is 0 Å². The lowest BCUT2D eigenvalue weighted by Crippen LogP contribution is -2.42. The van der Waals surface area contributed by atoms with E-state index < -0.39 is 16.3 Å². The van der Waals surface area contributed by atoms with Crippen LogP contribution in [0.1, 0.15) is 25.5 Å². The van der Waals surface area contributed by atoms with Crippen molar-refractivity contribution in [3.63, 3.8) is 0 Å². The average molecular weight is 258 g/mol. The molecule has 0 aliphatic carbocycles. The predicted octanol–water partition coefficient (Wildman–Crippen LogP) is 0.552. The molecule has 0 bridgehead atoms. The summed E-state index contributed by atoms with van der Waals surface area (Å²) in [4.78, 5) is 0. The topological polar surface area (TPSA) is 78.4 Å². The van der Waals surface area contributed by atoms with Crippen LogP contribution in [0.4, 0.5) is 0 Å². The van der Waals surface area contributed by atoms with Crippen molar-refractivity contribution >= 4 is 10.2 Å². The zero-order chi connectivity index (χ0) is 12.9. The zero-order valence-electron chi connectivity index (χ0n) is 9.92. The molecule has 1 aromatic rings. The quantitative estimate of drug-likeness (QED) is 0.697. The summed E-state index contributed by atoms with van der Waals surface area (Å²) in [6.07, 6.45) is 0. The fourth-order valence-corrected chi connectivity index (χ4v) is 2.70. The van der Waals surface area contributed by atoms with Gasteiger partial charge in [-0.25, -0.2) is 0 Å². The summed E-state index contributed by atoms with van der Waals surface area (Å²) in [6, 6.07) is 8.12. The smallest absolute Gasteiger partial charge is 0.277 e. The Morgan fingerprint density at radius 1 is 1.18 bits per heavy atom. The average Bonchev–Trinajstić information content (AvgIpc) is 2.25. The molecule has 1 aromatic carbocycles. The molecule has 0 heterocycles. The minimum atomic E-state index is -3.60. The van der Waals surface area contributed by atoms with Gasteiger partial charge >= 0.3 is 0 Å². The minimum Gasteiger partial charge on any atom is -0.394 e. The first-order valence-electron chi connectivity index (χ1n) is 5.40. The van der Waals surface area contributed by atoms with Gasteiger partial charge in [-0.05, 0) is 19.4 Å². The molecule has 3 N–H and O–H groups in total. The molecule has 96 valence electrons. The van der Waals surface area contributed by atoms with Crippen molar-refractivity contribution in [1.82, 2.24) is 9.44 Å². The highest BCUT2D eigenvalue weighted by atomic mass is 32.2. The normalized spacial score (nSPS) is 13.9. The van der Waals surface area contributed by atoms with Crippen LogP contribution in [0, 0.1) is 0 Å². The fraction of sp³-hybridized carbons (Fsp3) is 0.455. The standard InChI is InChI=1S/C11H18N2O3S/c1-9(2)12-17(15,16)13-11(8-14)10-6-4-3-5-7-10/h3-7,9,11-14H,8H2,1-2H3. The largest absolute Gasteiger partial charge is 0.394 e. The second-order valence-electron chi connectivity index (χ2n) is 4.04. The molecular formula is C11H18N2O3S. The van der Waals surface area contributed by atoms with Crippen molar-refractivity contribution in [3.05, 3.63) is 35.9 Å². The first-order valence-corrected chi connectivity index (χ1v) is 6.88. The molecule has 0 radical (unpaired) electrons. The Balaban J connectivity index is 2.78. The van der Waals surface area contributed by atoms with Gasteiger partial charge in [-0.3, -0.25) is 0 Å². The highest BCUT2D eigenvalue weighted by molar-refractivity contribution is 7.87. The van der Waals surface area contributed by atoms with E-state index in [1.54, 1.807) is 38.1 Å². The SMILES string of the molecule is CC(C)NS(=O)(=O)NC(CO)c1ccccc1. The summed E-state index contributed by atoms with van der Waals surface area (Å²) in [7, 11) is -3.60. The molecule has 0 amide bonds. The second-order valence-corrected chi connectivity index (χ2v) is 5.52. The first kappa shape index (κ1) is 14.1. The van der Waals surface area contributed by atoms with Gasteiger partial charge in [0.15, 0.2) is 0 Å². The van der Waals surface area contributed by atoms with Crippen LogP contribution in [-0.2, 0) is 10.2 Å². The molecule has 5 nitrogen and oxygen atoms in total. The molecule has 0 aliphatic heterocycles. The summed E-state index contributed by atoms with van der Waals surface area (Å²) >= 11 is 0. The van der Waals surface area contributed by atoms with E-state index in [0.717, 1.165) is 5.56 Å². The molecule has 6 heteroatoms. The summed E-state index contributed by atoms with van der Waals surface area (Å²) < 4.78 is 28.1. The number of hydrogen-bond donors (Lipinski definition) is 3. The van der Waals surface area contributed by atoms with Gasteiger partial charge in [-0.1, -0.05) is 30.3 Å². The number of rotatable bonds is 6. The van der Waals surface area contributed by atoms with Crippen LogP contribution in [0.2, 0.25) is 0 Å². The molecule has 0 spiro atoms. The van der Waals surface area contributed by atoms with E-state index in [1.807, 2.05) is 6.07 Å². The van der Waals surface area contributed by atoms with Gasteiger partial charge in [-0.15, -0.1) is 0 Å². The van der Waals surface area contributed by atoms with Gasteiger partial charge in [0.2, 0.25) is 0 Å². The lowest BCUT2D eigenvalue weighted by molar-refractivity contribution is 0.258. The van der Waals surface area contributed by atoms with Crippen LogP contribution in [0.15, 0.2) is 30.3 Å². The van der Waals surface area contributed by atoms with Crippen molar-refractivity contribution < 1.29 is 13.5 Å². The first-order chi connectivity index (χ1) is 7.94. The number of nitrogens with one attached hydrogen (secondary N) is 2. The zero-order valence-corrected chi connectivity index (χ0v) is 10.7. The number of aliphatic hydroxyl groups is 1. The third-order valence-electron chi connectivity index (χ3n) is 2.07. The Hall–Kier alpha value is -0.950. The van der Waals surface area contributed by atoms with Crippen molar-refractivity contribution in [2.45, 2.75) is 25.9 Å². The lowest BCUT2D eigenvalue weighted by Gasteiger charge is -2.18. The van der Waals surface area contributed by atoms with Crippen molar-refractivity contribution in [1.29, 1.82) is 0 Å². The summed E-state index contributed by atoms with van der Waals surface area (Å²) in [5, 5.41) is 9.22. The predicted molar refractivity (Wildman–Crippen MR) is 66.6 cm³/mol. The molecule has 1 unspecified atom stereocenters. The van der Waals surface area contributed by atoms with Gasteiger partial charge in [-0.2, -0.15) is 17.9 Å². The van der Waals surface area contributed by atoms with Crippen molar-refractivity contribution in [2.75, 3.05) is 6.61 Å². The van der Waals surface area contributed by atoms with E-state index in [1.165, 1.54) is 0 Å². The number of benzene rings is 1. The fourth-order valence-electron chi connectivity index (χ4n) is 1.43. The van der Waals surface area contributed by atoms with E-state index in [0.29, 0.717) is 0 Å². The van der Waals surface area contributed by atoms with E-state index in [4.69, 9.17) is 0 Å². The maximum Gasteiger partial charge on any atom is 0.277 e. The highest BCUT2D eigenvalue weighted by Gasteiger charge is 2.18.